The van der Waals surface area contributed by atoms with Crippen molar-refractivity contribution in [1.29, 1.82) is 0 Å². The fraction of sp³-hybridized carbons (Fsp3) is 0.148. The summed E-state index contributed by atoms with van der Waals surface area (Å²) in [5.74, 6) is 0.214. The SMILES string of the molecule is O=C(Nc1ccc(N2CCOCC2)cc1)c1cccc(Oc2cc(-c3ccc(F)cc3)ncn2)c1. The van der Waals surface area contributed by atoms with Crippen molar-refractivity contribution in [1.82, 2.24) is 9.97 Å². The van der Waals surface area contributed by atoms with Crippen molar-refractivity contribution in [2.75, 3.05) is 36.5 Å². The number of hydrogen-bond donors (Lipinski definition) is 1. The van der Waals surface area contributed by atoms with Gasteiger partial charge in [0.1, 0.15) is 17.9 Å². The van der Waals surface area contributed by atoms with E-state index in [1.807, 2.05) is 24.3 Å². The second-order valence-corrected chi connectivity index (χ2v) is 7.98. The van der Waals surface area contributed by atoms with Gasteiger partial charge in [0.15, 0.2) is 0 Å². The standard InChI is InChI=1S/C27H23FN4O3/c28-21-6-4-19(5-7-21)25-17-26(30-18-29-25)35-24-3-1-2-20(16-24)27(33)31-22-8-10-23(11-9-22)32-12-14-34-15-13-32/h1-11,16-18H,12-15H2,(H,31,33). The van der Waals surface area contributed by atoms with E-state index in [1.54, 1.807) is 42.5 Å². The van der Waals surface area contributed by atoms with Crippen LogP contribution in [0.2, 0.25) is 0 Å². The van der Waals surface area contributed by atoms with Gasteiger partial charge in [-0.15, -0.1) is 0 Å². The van der Waals surface area contributed by atoms with E-state index in [-0.39, 0.29) is 11.7 Å². The quantitative estimate of drug-likeness (QED) is 0.419. The molecule has 4 aromatic rings. The van der Waals surface area contributed by atoms with Gasteiger partial charge in [-0.05, 0) is 66.7 Å². The highest BCUT2D eigenvalue weighted by molar-refractivity contribution is 6.04. The number of anilines is 2. The van der Waals surface area contributed by atoms with Crippen LogP contribution in [0.25, 0.3) is 11.3 Å². The number of halogens is 1. The minimum Gasteiger partial charge on any atom is -0.439 e. The molecule has 1 N–H and O–H groups in total. The molecule has 0 unspecified atom stereocenters. The van der Waals surface area contributed by atoms with E-state index in [0.717, 1.165) is 37.6 Å². The third-order valence-electron chi connectivity index (χ3n) is 5.60. The largest absolute Gasteiger partial charge is 0.439 e. The van der Waals surface area contributed by atoms with Crippen molar-refractivity contribution in [3.63, 3.8) is 0 Å². The molecule has 0 radical (unpaired) electrons. The predicted molar refractivity (Wildman–Crippen MR) is 131 cm³/mol. The minimum atomic E-state index is -0.317. The van der Waals surface area contributed by atoms with Gasteiger partial charge in [-0.3, -0.25) is 4.79 Å². The van der Waals surface area contributed by atoms with Gasteiger partial charge in [-0.1, -0.05) is 6.07 Å². The van der Waals surface area contributed by atoms with Gasteiger partial charge < -0.3 is 19.7 Å². The highest BCUT2D eigenvalue weighted by Crippen LogP contribution is 2.25. The molecular formula is C27H23FN4O3. The Morgan fingerprint density at radius 2 is 1.71 bits per heavy atom. The Hall–Kier alpha value is -4.30. The molecule has 7 nitrogen and oxygen atoms in total. The number of ether oxygens (including phenoxy) is 2. The van der Waals surface area contributed by atoms with Crippen LogP contribution in [0.1, 0.15) is 10.4 Å². The van der Waals surface area contributed by atoms with E-state index in [0.29, 0.717) is 28.6 Å². The molecule has 0 saturated carbocycles. The molecule has 176 valence electrons. The Bertz CT molecular complexity index is 1310. The molecule has 0 atom stereocenters. The van der Waals surface area contributed by atoms with Crippen molar-refractivity contribution in [2.24, 2.45) is 0 Å². The molecule has 0 bridgehead atoms. The number of benzene rings is 3. The predicted octanol–water partition coefficient (Wildman–Crippen LogP) is 5.16. The maximum absolute atomic E-state index is 13.2. The third-order valence-corrected chi connectivity index (χ3v) is 5.60. The van der Waals surface area contributed by atoms with Gasteiger partial charge in [0.2, 0.25) is 5.88 Å². The van der Waals surface area contributed by atoms with Gasteiger partial charge in [0.05, 0.1) is 18.9 Å². The number of nitrogens with zero attached hydrogens (tertiary/aromatic N) is 3. The minimum absolute atomic E-state index is 0.246. The molecule has 1 aromatic heterocycles. The number of amides is 1. The number of nitrogens with one attached hydrogen (secondary N) is 1. The number of rotatable bonds is 6. The van der Waals surface area contributed by atoms with Crippen LogP contribution in [-0.4, -0.2) is 42.2 Å². The molecule has 2 heterocycles. The Balaban J connectivity index is 1.25. The van der Waals surface area contributed by atoms with Crippen LogP contribution in [0.3, 0.4) is 0 Å². The van der Waals surface area contributed by atoms with Crippen molar-refractivity contribution in [3.8, 4) is 22.9 Å². The molecule has 0 aliphatic carbocycles. The van der Waals surface area contributed by atoms with Crippen LogP contribution < -0.4 is 15.0 Å². The van der Waals surface area contributed by atoms with Crippen LogP contribution >= 0.6 is 0 Å². The van der Waals surface area contributed by atoms with Crippen molar-refractivity contribution in [2.45, 2.75) is 0 Å². The van der Waals surface area contributed by atoms with Gasteiger partial charge >= 0.3 is 0 Å². The maximum Gasteiger partial charge on any atom is 0.255 e. The molecule has 1 fully saturated rings. The second kappa shape index (κ2) is 10.3. The zero-order valence-electron chi connectivity index (χ0n) is 18.9. The van der Waals surface area contributed by atoms with Crippen LogP contribution in [0.5, 0.6) is 11.6 Å². The molecule has 5 rings (SSSR count). The first-order valence-corrected chi connectivity index (χ1v) is 11.2. The highest BCUT2D eigenvalue weighted by Gasteiger charge is 2.12. The Labute approximate surface area is 202 Å². The summed E-state index contributed by atoms with van der Waals surface area (Å²) in [5, 5.41) is 2.92. The molecule has 35 heavy (non-hydrogen) atoms. The third kappa shape index (κ3) is 5.62. The fourth-order valence-electron chi connectivity index (χ4n) is 3.78. The molecule has 1 aliphatic heterocycles. The fourth-order valence-corrected chi connectivity index (χ4v) is 3.78. The number of aromatic nitrogens is 2. The van der Waals surface area contributed by atoms with Crippen LogP contribution in [-0.2, 0) is 4.74 Å². The van der Waals surface area contributed by atoms with E-state index in [9.17, 15) is 9.18 Å². The van der Waals surface area contributed by atoms with Crippen LogP contribution in [0.4, 0.5) is 15.8 Å². The lowest BCUT2D eigenvalue weighted by atomic mass is 10.1. The topological polar surface area (TPSA) is 76.6 Å². The summed E-state index contributed by atoms with van der Waals surface area (Å²) in [6.45, 7) is 3.16. The first-order valence-electron chi connectivity index (χ1n) is 11.2. The second-order valence-electron chi connectivity index (χ2n) is 7.98. The monoisotopic (exact) mass is 470 g/mol. The van der Waals surface area contributed by atoms with Crippen molar-refractivity contribution >= 4 is 17.3 Å². The van der Waals surface area contributed by atoms with E-state index in [4.69, 9.17) is 9.47 Å². The molecule has 1 aliphatic rings. The first kappa shape index (κ1) is 22.5. The summed E-state index contributed by atoms with van der Waals surface area (Å²) in [5.41, 5.74) is 3.60. The lowest BCUT2D eigenvalue weighted by Crippen LogP contribution is -2.36. The molecule has 0 spiro atoms. The van der Waals surface area contributed by atoms with E-state index < -0.39 is 0 Å². The van der Waals surface area contributed by atoms with Crippen LogP contribution in [0.15, 0.2) is 85.2 Å². The lowest BCUT2D eigenvalue weighted by Gasteiger charge is -2.28. The first-order chi connectivity index (χ1) is 17.1. The average Bonchev–Trinajstić information content (AvgIpc) is 2.90. The molecule has 8 heteroatoms. The highest BCUT2D eigenvalue weighted by atomic mass is 19.1. The lowest BCUT2D eigenvalue weighted by molar-refractivity contribution is 0.102. The zero-order chi connectivity index (χ0) is 24.0. The normalized spacial score (nSPS) is 13.3. The molecule has 3 aromatic carbocycles. The van der Waals surface area contributed by atoms with E-state index >= 15 is 0 Å². The molecule has 1 saturated heterocycles. The number of carbonyl (C=O) groups excluding carboxylic acids is 1. The smallest absolute Gasteiger partial charge is 0.255 e. The van der Waals surface area contributed by atoms with Crippen LogP contribution in [0, 0.1) is 5.82 Å². The average molecular weight is 471 g/mol. The number of carbonyl (C=O) groups is 1. The molecular weight excluding hydrogens is 447 g/mol. The van der Waals surface area contributed by atoms with E-state index in [2.05, 4.69) is 20.2 Å². The summed E-state index contributed by atoms with van der Waals surface area (Å²) in [7, 11) is 0. The Morgan fingerprint density at radius 3 is 2.49 bits per heavy atom. The van der Waals surface area contributed by atoms with Crippen molar-refractivity contribution < 1.29 is 18.7 Å². The summed E-state index contributed by atoms with van der Waals surface area (Å²) < 4.78 is 24.5. The van der Waals surface area contributed by atoms with Gasteiger partial charge in [-0.2, -0.15) is 0 Å². The van der Waals surface area contributed by atoms with Gasteiger partial charge in [-0.25, -0.2) is 14.4 Å². The Kier molecular flexibility index (Phi) is 6.63. The van der Waals surface area contributed by atoms with Gasteiger partial charge in [0.25, 0.3) is 5.91 Å². The van der Waals surface area contributed by atoms with E-state index in [1.165, 1.54) is 18.5 Å². The summed E-state index contributed by atoms with van der Waals surface area (Å²) >= 11 is 0. The maximum atomic E-state index is 13.2. The molecule has 1 amide bonds. The number of morpholine rings is 1. The summed E-state index contributed by atoms with van der Waals surface area (Å²) in [4.78, 5) is 23.4. The summed E-state index contributed by atoms with van der Waals surface area (Å²) in [6, 6.07) is 22.3. The zero-order valence-corrected chi connectivity index (χ0v) is 18.9. The van der Waals surface area contributed by atoms with Gasteiger partial charge in [0, 0.05) is 41.7 Å². The van der Waals surface area contributed by atoms with Crippen molar-refractivity contribution in [3.05, 3.63) is 96.6 Å². The Morgan fingerprint density at radius 1 is 0.943 bits per heavy atom. The summed E-state index contributed by atoms with van der Waals surface area (Å²) in [6.07, 6.45) is 1.38. The number of hydrogen-bond acceptors (Lipinski definition) is 6.